The summed E-state index contributed by atoms with van der Waals surface area (Å²) < 4.78 is 7.60. The minimum atomic E-state index is -0.348. The second-order valence-electron chi connectivity index (χ2n) is 5.70. The van der Waals surface area contributed by atoms with Crippen LogP contribution in [-0.4, -0.2) is 22.9 Å². The van der Waals surface area contributed by atoms with Gasteiger partial charge >= 0.3 is 0 Å². The zero-order chi connectivity index (χ0) is 14.4. The lowest BCUT2D eigenvalue weighted by molar-refractivity contribution is 0.173. The van der Waals surface area contributed by atoms with Crippen molar-refractivity contribution in [2.45, 2.75) is 39.8 Å². The lowest BCUT2D eigenvalue weighted by atomic mass is 10.1. The molecule has 0 spiro atoms. The molecule has 106 valence electrons. The van der Waals surface area contributed by atoms with Crippen LogP contribution in [0.15, 0.2) is 18.2 Å². The average molecular weight is 271 g/mol. The fourth-order valence-electron chi connectivity index (χ4n) is 3.19. The van der Waals surface area contributed by atoms with Gasteiger partial charge in [0.15, 0.2) is 0 Å². The van der Waals surface area contributed by atoms with Crippen LogP contribution in [0.1, 0.15) is 29.3 Å². The van der Waals surface area contributed by atoms with E-state index in [1.54, 1.807) is 7.11 Å². The standard InChI is InChI=1S/C17H21NO2/c1-10(19)9-18-12(3)11(2)15-7-13-5-6-14(20-4)8-16(13)17(15)18/h5-6,8,10,19H,7,9H2,1-4H3. The van der Waals surface area contributed by atoms with Crippen molar-refractivity contribution in [1.82, 2.24) is 4.57 Å². The summed E-state index contributed by atoms with van der Waals surface area (Å²) in [4.78, 5) is 0. The molecule has 3 heteroatoms. The predicted molar refractivity (Wildman–Crippen MR) is 80.4 cm³/mol. The Morgan fingerprint density at radius 3 is 2.75 bits per heavy atom. The van der Waals surface area contributed by atoms with Crippen molar-refractivity contribution >= 4 is 0 Å². The van der Waals surface area contributed by atoms with Gasteiger partial charge in [0.05, 0.1) is 18.9 Å². The second kappa shape index (κ2) is 4.67. The van der Waals surface area contributed by atoms with Crippen LogP contribution in [0.5, 0.6) is 5.75 Å². The maximum atomic E-state index is 9.77. The Balaban J connectivity index is 2.21. The molecule has 0 aliphatic heterocycles. The van der Waals surface area contributed by atoms with Crippen LogP contribution >= 0.6 is 0 Å². The van der Waals surface area contributed by atoms with Crippen molar-refractivity contribution < 1.29 is 9.84 Å². The SMILES string of the molecule is COc1ccc2c(c1)-c1c(c(C)c(C)n1CC(C)O)C2. The van der Waals surface area contributed by atoms with E-state index in [-0.39, 0.29) is 6.10 Å². The average Bonchev–Trinajstić information content (AvgIpc) is 2.89. The molecule has 1 aliphatic carbocycles. The summed E-state index contributed by atoms with van der Waals surface area (Å²) in [6, 6.07) is 6.28. The van der Waals surface area contributed by atoms with E-state index in [1.807, 2.05) is 13.0 Å². The number of rotatable bonds is 3. The van der Waals surface area contributed by atoms with Gasteiger partial charge in [-0.25, -0.2) is 0 Å². The van der Waals surface area contributed by atoms with E-state index in [0.717, 1.165) is 12.2 Å². The van der Waals surface area contributed by atoms with Crippen LogP contribution in [-0.2, 0) is 13.0 Å². The second-order valence-corrected chi connectivity index (χ2v) is 5.70. The minimum Gasteiger partial charge on any atom is -0.497 e. The summed E-state index contributed by atoms with van der Waals surface area (Å²) in [5.74, 6) is 0.886. The zero-order valence-electron chi connectivity index (χ0n) is 12.5. The molecule has 0 saturated heterocycles. The maximum Gasteiger partial charge on any atom is 0.119 e. The number of nitrogens with zero attached hydrogens (tertiary/aromatic N) is 1. The van der Waals surface area contributed by atoms with Crippen LogP contribution in [0, 0.1) is 13.8 Å². The molecule has 0 amide bonds. The topological polar surface area (TPSA) is 34.4 Å². The molecule has 3 rings (SSSR count). The van der Waals surface area contributed by atoms with Gasteiger partial charge in [0.1, 0.15) is 5.75 Å². The van der Waals surface area contributed by atoms with E-state index in [0.29, 0.717) is 6.54 Å². The quantitative estimate of drug-likeness (QED) is 0.794. The summed E-state index contributed by atoms with van der Waals surface area (Å²) in [6.07, 6.45) is 0.632. The Labute approximate surface area is 119 Å². The Hall–Kier alpha value is -1.74. The largest absolute Gasteiger partial charge is 0.497 e. The fraction of sp³-hybridized carbons (Fsp3) is 0.412. The highest BCUT2D eigenvalue weighted by molar-refractivity contribution is 5.78. The molecule has 1 atom stereocenters. The van der Waals surface area contributed by atoms with Crippen LogP contribution in [0.25, 0.3) is 11.3 Å². The number of benzene rings is 1. The summed E-state index contributed by atoms with van der Waals surface area (Å²) >= 11 is 0. The molecule has 0 saturated carbocycles. The Morgan fingerprint density at radius 2 is 2.10 bits per heavy atom. The highest BCUT2D eigenvalue weighted by Gasteiger charge is 2.27. The van der Waals surface area contributed by atoms with Crippen molar-refractivity contribution in [3.8, 4) is 17.0 Å². The summed E-state index contributed by atoms with van der Waals surface area (Å²) in [6.45, 7) is 6.78. The van der Waals surface area contributed by atoms with E-state index in [4.69, 9.17) is 4.74 Å². The lowest BCUT2D eigenvalue weighted by Crippen LogP contribution is -2.14. The molecule has 1 N–H and O–H groups in total. The highest BCUT2D eigenvalue weighted by Crippen LogP contribution is 2.42. The third-order valence-electron chi connectivity index (χ3n) is 4.34. The molecule has 0 fully saturated rings. The third kappa shape index (κ3) is 1.85. The molecule has 1 aromatic heterocycles. The Morgan fingerprint density at radius 1 is 1.35 bits per heavy atom. The number of fused-ring (bicyclic) bond motifs is 3. The first-order valence-corrected chi connectivity index (χ1v) is 7.06. The summed E-state index contributed by atoms with van der Waals surface area (Å²) in [7, 11) is 1.70. The van der Waals surface area contributed by atoms with E-state index in [2.05, 4.69) is 30.5 Å². The minimum absolute atomic E-state index is 0.348. The van der Waals surface area contributed by atoms with Gasteiger partial charge in [0, 0.05) is 24.2 Å². The Bertz CT molecular complexity index is 668. The molecular formula is C17H21NO2. The van der Waals surface area contributed by atoms with Crippen molar-refractivity contribution in [1.29, 1.82) is 0 Å². The van der Waals surface area contributed by atoms with Crippen LogP contribution in [0.2, 0.25) is 0 Å². The fourth-order valence-corrected chi connectivity index (χ4v) is 3.19. The monoisotopic (exact) mass is 271 g/mol. The van der Waals surface area contributed by atoms with Gasteiger partial charge < -0.3 is 14.4 Å². The summed E-state index contributed by atoms with van der Waals surface area (Å²) in [5.41, 5.74) is 7.84. The smallest absolute Gasteiger partial charge is 0.119 e. The number of aliphatic hydroxyl groups excluding tert-OH is 1. The van der Waals surface area contributed by atoms with Gasteiger partial charge in [-0.2, -0.15) is 0 Å². The molecule has 1 aromatic carbocycles. The molecule has 1 aliphatic rings. The Kier molecular flexibility index (Phi) is 3.09. The van der Waals surface area contributed by atoms with Crippen molar-refractivity contribution in [2.24, 2.45) is 0 Å². The van der Waals surface area contributed by atoms with Crippen molar-refractivity contribution in [2.75, 3.05) is 7.11 Å². The van der Waals surface area contributed by atoms with Gasteiger partial charge in [-0.15, -0.1) is 0 Å². The number of ether oxygens (including phenoxy) is 1. The molecular weight excluding hydrogens is 250 g/mol. The number of aromatic nitrogens is 1. The third-order valence-corrected chi connectivity index (χ3v) is 4.34. The molecule has 20 heavy (non-hydrogen) atoms. The first-order valence-electron chi connectivity index (χ1n) is 7.06. The summed E-state index contributed by atoms with van der Waals surface area (Å²) in [5, 5.41) is 9.77. The maximum absolute atomic E-state index is 9.77. The van der Waals surface area contributed by atoms with Gasteiger partial charge in [-0.1, -0.05) is 6.07 Å². The van der Waals surface area contributed by atoms with Crippen molar-refractivity contribution in [3.05, 3.63) is 40.6 Å². The normalized spacial score (nSPS) is 14.1. The van der Waals surface area contributed by atoms with Crippen molar-refractivity contribution in [3.63, 3.8) is 0 Å². The first-order chi connectivity index (χ1) is 9.52. The first kappa shape index (κ1) is 13.3. The molecule has 2 aromatic rings. The van der Waals surface area contributed by atoms with Gasteiger partial charge in [0.25, 0.3) is 0 Å². The van der Waals surface area contributed by atoms with E-state index < -0.39 is 0 Å². The molecule has 0 radical (unpaired) electrons. The van der Waals surface area contributed by atoms with Gasteiger partial charge in [-0.3, -0.25) is 0 Å². The number of aliphatic hydroxyl groups is 1. The molecule has 1 unspecified atom stereocenters. The van der Waals surface area contributed by atoms with E-state index >= 15 is 0 Å². The van der Waals surface area contributed by atoms with Gasteiger partial charge in [0.2, 0.25) is 0 Å². The van der Waals surface area contributed by atoms with Crippen LogP contribution in [0.3, 0.4) is 0 Å². The molecule has 1 heterocycles. The lowest BCUT2D eigenvalue weighted by Gasteiger charge is -2.14. The zero-order valence-corrected chi connectivity index (χ0v) is 12.5. The van der Waals surface area contributed by atoms with Crippen LogP contribution < -0.4 is 4.74 Å². The number of hydrogen-bond donors (Lipinski definition) is 1. The number of methoxy groups -OCH3 is 1. The van der Waals surface area contributed by atoms with Crippen LogP contribution in [0.4, 0.5) is 0 Å². The van der Waals surface area contributed by atoms with E-state index in [1.165, 1.54) is 33.6 Å². The number of hydrogen-bond acceptors (Lipinski definition) is 2. The van der Waals surface area contributed by atoms with E-state index in [9.17, 15) is 5.11 Å². The molecule has 0 bridgehead atoms. The van der Waals surface area contributed by atoms with Gasteiger partial charge in [-0.05, 0) is 49.6 Å². The highest BCUT2D eigenvalue weighted by atomic mass is 16.5. The molecule has 3 nitrogen and oxygen atoms in total. The predicted octanol–water partition coefficient (Wildman–Crippen LogP) is 3.07.